The van der Waals surface area contributed by atoms with Crippen LogP contribution < -0.4 is 0 Å². The van der Waals surface area contributed by atoms with E-state index >= 15 is 0 Å². The molecule has 0 aliphatic carbocycles. The topological polar surface area (TPSA) is 61.4 Å². The summed E-state index contributed by atoms with van der Waals surface area (Å²) in [6, 6.07) is 25.1. The second kappa shape index (κ2) is 9.12. The molecule has 164 valence electrons. The Hall–Kier alpha value is -4.19. The molecule has 5 aromatic rings. The van der Waals surface area contributed by atoms with Crippen LogP contribution in [0.4, 0.5) is 4.79 Å². The predicted molar refractivity (Wildman–Crippen MR) is 131 cm³/mol. The van der Waals surface area contributed by atoms with Crippen LogP contribution in [-0.2, 0) is 4.84 Å². The van der Waals surface area contributed by atoms with E-state index in [0.717, 1.165) is 52.6 Å². The van der Waals surface area contributed by atoms with Crippen molar-refractivity contribution in [3.63, 3.8) is 0 Å². The number of fused-ring (bicyclic) bond motifs is 3. The summed E-state index contributed by atoms with van der Waals surface area (Å²) in [5, 5.41) is 6.56. The van der Waals surface area contributed by atoms with Gasteiger partial charge in [0.25, 0.3) is 0 Å². The summed E-state index contributed by atoms with van der Waals surface area (Å²) in [7, 11) is 0. The average Bonchev–Trinajstić information content (AvgIpc) is 3.51. The molecule has 2 aromatic heterocycles. The van der Waals surface area contributed by atoms with Crippen molar-refractivity contribution in [2.24, 2.45) is 5.16 Å². The van der Waals surface area contributed by atoms with Crippen molar-refractivity contribution >= 4 is 33.6 Å². The Balaban J connectivity index is 1.60. The molecular weight excluding hydrogens is 412 g/mol. The molecule has 0 spiro atoms. The summed E-state index contributed by atoms with van der Waals surface area (Å²) in [6.07, 6.45) is 6.57. The number of para-hydroxylation sites is 2. The number of nitrogens with zero attached hydrogens (tertiary/aromatic N) is 4. The smallest absolute Gasteiger partial charge is 0.309 e. The average molecular weight is 437 g/mol. The van der Waals surface area contributed by atoms with E-state index in [0.29, 0.717) is 0 Å². The molecule has 0 atom stereocenters. The number of carbonyl (C=O) groups excluding carboxylic acids is 1. The van der Waals surface area contributed by atoms with E-state index in [-0.39, 0.29) is 0 Å². The molecule has 3 aromatic carbocycles. The number of aromatic nitrogens is 3. The molecule has 0 saturated carbocycles. The van der Waals surface area contributed by atoms with E-state index < -0.39 is 6.09 Å². The number of imidazole rings is 1. The Bertz CT molecular complexity index is 1430. The molecule has 0 amide bonds. The molecule has 0 saturated heterocycles. The zero-order chi connectivity index (χ0) is 22.6. The standard InChI is InChI=1S/C27H24N4O2/c1-2-3-12-24(29-33-27(32)30-17-16-28-19-30)20-14-15-26-23(18-20)22-11-7-8-13-25(22)31(26)21-9-5-4-6-10-21/h4-11,13-19H,2-3,12H2,1H3/b29-24+. The molecule has 6 heteroatoms. The summed E-state index contributed by atoms with van der Waals surface area (Å²) in [5.74, 6) is 0. The van der Waals surface area contributed by atoms with Crippen molar-refractivity contribution in [3.05, 3.63) is 97.1 Å². The van der Waals surface area contributed by atoms with Crippen LogP contribution in [0, 0.1) is 0 Å². The molecule has 0 bridgehead atoms. The second-order valence-electron chi connectivity index (χ2n) is 7.89. The van der Waals surface area contributed by atoms with Crippen molar-refractivity contribution in [1.29, 1.82) is 0 Å². The van der Waals surface area contributed by atoms with Gasteiger partial charge >= 0.3 is 6.09 Å². The van der Waals surface area contributed by atoms with Crippen LogP contribution in [0.15, 0.2) is 96.7 Å². The first-order valence-electron chi connectivity index (χ1n) is 11.1. The van der Waals surface area contributed by atoms with Gasteiger partial charge in [0.15, 0.2) is 0 Å². The number of unbranched alkanes of at least 4 members (excludes halogenated alkanes) is 1. The lowest BCUT2D eigenvalue weighted by atomic mass is 10.0. The summed E-state index contributed by atoms with van der Waals surface area (Å²) >= 11 is 0. The summed E-state index contributed by atoms with van der Waals surface area (Å²) in [4.78, 5) is 21.4. The maximum absolute atomic E-state index is 12.3. The number of hydrogen-bond donors (Lipinski definition) is 0. The molecule has 0 aliphatic rings. The van der Waals surface area contributed by atoms with Crippen LogP contribution in [0.2, 0.25) is 0 Å². The van der Waals surface area contributed by atoms with E-state index in [4.69, 9.17) is 4.84 Å². The molecular formula is C27H24N4O2. The number of carbonyl (C=O) groups is 1. The fourth-order valence-electron chi connectivity index (χ4n) is 4.10. The molecule has 0 aliphatic heterocycles. The second-order valence-corrected chi connectivity index (χ2v) is 7.89. The fraction of sp³-hybridized carbons (Fsp3) is 0.148. The monoisotopic (exact) mass is 436 g/mol. The first kappa shape index (κ1) is 20.7. The molecule has 2 heterocycles. The van der Waals surface area contributed by atoms with Crippen LogP contribution in [0.1, 0.15) is 31.7 Å². The highest BCUT2D eigenvalue weighted by Gasteiger charge is 2.15. The summed E-state index contributed by atoms with van der Waals surface area (Å²) in [6.45, 7) is 2.13. The third kappa shape index (κ3) is 4.03. The lowest BCUT2D eigenvalue weighted by Gasteiger charge is -2.09. The van der Waals surface area contributed by atoms with Gasteiger partial charge in [-0.3, -0.25) is 4.84 Å². The quantitative estimate of drug-likeness (QED) is 0.172. The highest BCUT2D eigenvalue weighted by atomic mass is 16.7. The molecule has 5 rings (SSSR count). The number of rotatable bonds is 6. The van der Waals surface area contributed by atoms with Crippen LogP contribution in [0.3, 0.4) is 0 Å². The Morgan fingerprint density at radius 1 is 0.970 bits per heavy atom. The maximum Gasteiger partial charge on any atom is 0.445 e. The van der Waals surface area contributed by atoms with E-state index in [2.05, 4.69) is 88.4 Å². The Morgan fingerprint density at radius 2 is 1.76 bits per heavy atom. The first-order chi connectivity index (χ1) is 16.3. The van der Waals surface area contributed by atoms with Crippen LogP contribution in [-0.4, -0.2) is 25.9 Å². The molecule has 0 radical (unpaired) electrons. The number of benzene rings is 3. The Morgan fingerprint density at radius 3 is 2.55 bits per heavy atom. The predicted octanol–water partition coefficient (Wildman–Crippen LogP) is 6.56. The Kier molecular flexibility index (Phi) is 5.72. The van der Waals surface area contributed by atoms with Crippen molar-refractivity contribution in [2.45, 2.75) is 26.2 Å². The first-order valence-corrected chi connectivity index (χ1v) is 11.1. The van der Waals surface area contributed by atoms with Gasteiger partial charge in [-0.2, -0.15) is 0 Å². The van der Waals surface area contributed by atoms with Crippen molar-refractivity contribution in [1.82, 2.24) is 14.1 Å². The van der Waals surface area contributed by atoms with E-state index in [1.165, 1.54) is 28.7 Å². The normalized spacial score (nSPS) is 11.8. The maximum atomic E-state index is 12.3. The molecule has 0 unspecified atom stereocenters. The molecule has 6 nitrogen and oxygen atoms in total. The van der Waals surface area contributed by atoms with Gasteiger partial charge in [-0.1, -0.05) is 61.0 Å². The highest BCUT2D eigenvalue weighted by Crippen LogP contribution is 2.32. The van der Waals surface area contributed by atoms with Crippen LogP contribution in [0.5, 0.6) is 0 Å². The molecule has 0 fully saturated rings. The van der Waals surface area contributed by atoms with Gasteiger partial charge < -0.3 is 4.57 Å². The minimum atomic E-state index is -0.580. The zero-order valence-electron chi connectivity index (χ0n) is 18.4. The number of hydrogen-bond acceptors (Lipinski definition) is 4. The summed E-state index contributed by atoms with van der Waals surface area (Å²) < 4.78 is 3.54. The van der Waals surface area contributed by atoms with Gasteiger partial charge in [0, 0.05) is 34.4 Å². The minimum Gasteiger partial charge on any atom is -0.309 e. The SMILES string of the molecule is CCCC/C(=N\OC(=O)n1ccnc1)c1ccc2c(c1)c1ccccc1n2-c1ccccc1. The van der Waals surface area contributed by atoms with Gasteiger partial charge in [0.05, 0.1) is 16.7 Å². The van der Waals surface area contributed by atoms with E-state index in [1.54, 1.807) is 0 Å². The zero-order valence-corrected chi connectivity index (χ0v) is 18.4. The molecule has 0 N–H and O–H groups in total. The van der Waals surface area contributed by atoms with E-state index in [9.17, 15) is 4.79 Å². The van der Waals surface area contributed by atoms with Gasteiger partial charge in [0.1, 0.15) is 6.33 Å². The van der Waals surface area contributed by atoms with Crippen LogP contribution in [0.25, 0.3) is 27.5 Å². The van der Waals surface area contributed by atoms with Crippen molar-refractivity contribution in [3.8, 4) is 5.69 Å². The third-order valence-electron chi connectivity index (χ3n) is 5.74. The highest BCUT2D eigenvalue weighted by molar-refractivity contribution is 6.12. The fourth-order valence-corrected chi connectivity index (χ4v) is 4.10. The van der Waals surface area contributed by atoms with Crippen molar-refractivity contribution in [2.75, 3.05) is 0 Å². The molecule has 33 heavy (non-hydrogen) atoms. The number of oxime groups is 1. The van der Waals surface area contributed by atoms with E-state index in [1.807, 2.05) is 6.07 Å². The van der Waals surface area contributed by atoms with Gasteiger partial charge in [-0.25, -0.2) is 14.3 Å². The lowest BCUT2D eigenvalue weighted by Crippen LogP contribution is -2.11. The third-order valence-corrected chi connectivity index (χ3v) is 5.74. The van der Waals surface area contributed by atoms with Crippen LogP contribution >= 0.6 is 0 Å². The minimum absolute atomic E-state index is 0.580. The summed E-state index contributed by atoms with van der Waals surface area (Å²) in [5.41, 5.74) is 5.09. The largest absolute Gasteiger partial charge is 0.445 e. The lowest BCUT2D eigenvalue weighted by molar-refractivity contribution is 0.152. The van der Waals surface area contributed by atoms with Gasteiger partial charge in [0.2, 0.25) is 0 Å². The Labute approximate surface area is 191 Å². The van der Waals surface area contributed by atoms with Gasteiger partial charge in [-0.15, -0.1) is 0 Å². The van der Waals surface area contributed by atoms with Gasteiger partial charge in [-0.05, 0) is 43.2 Å². The van der Waals surface area contributed by atoms with Crippen molar-refractivity contribution < 1.29 is 9.63 Å².